The molecule has 0 aliphatic carbocycles. The molecule has 0 amide bonds. The molecule has 1 heterocycles. The lowest BCUT2D eigenvalue weighted by Gasteiger charge is -2.15. The topological polar surface area (TPSA) is 79.2 Å². The van der Waals surface area contributed by atoms with E-state index in [0.29, 0.717) is 0 Å². The highest BCUT2D eigenvalue weighted by molar-refractivity contribution is 5.13. The van der Waals surface area contributed by atoms with Crippen LogP contribution in [0.1, 0.15) is 5.56 Å². The molecule has 1 aliphatic rings. The molecule has 0 bridgehead atoms. The van der Waals surface area contributed by atoms with Crippen LogP contribution < -0.4 is 0 Å². The number of ether oxygens (including phenoxy) is 2. The maximum Gasteiger partial charge on any atom is 0.187 e. The van der Waals surface area contributed by atoms with Crippen molar-refractivity contribution in [3.05, 3.63) is 35.9 Å². The zero-order chi connectivity index (χ0) is 12.3. The van der Waals surface area contributed by atoms with Crippen LogP contribution in [0.3, 0.4) is 0 Å². The summed E-state index contributed by atoms with van der Waals surface area (Å²) in [6.45, 7) is -0.0587. The highest BCUT2D eigenvalue weighted by atomic mass is 16.7. The van der Waals surface area contributed by atoms with Gasteiger partial charge in [-0.15, -0.1) is 0 Å². The molecule has 17 heavy (non-hydrogen) atoms. The second-order valence-corrected chi connectivity index (χ2v) is 4.00. The first-order valence-corrected chi connectivity index (χ1v) is 5.50. The molecule has 0 saturated carbocycles. The van der Waals surface area contributed by atoms with Gasteiger partial charge < -0.3 is 24.8 Å². The fourth-order valence-corrected chi connectivity index (χ4v) is 1.76. The number of hydrogen-bond donors (Lipinski definition) is 3. The molecule has 1 fully saturated rings. The monoisotopic (exact) mass is 240 g/mol. The van der Waals surface area contributed by atoms with E-state index in [2.05, 4.69) is 0 Å². The van der Waals surface area contributed by atoms with Crippen molar-refractivity contribution in [2.24, 2.45) is 0 Å². The van der Waals surface area contributed by atoms with Gasteiger partial charge in [0.15, 0.2) is 6.29 Å². The van der Waals surface area contributed by atoms with E-state index in [9.17, 15) is 10.2 Å². The molecule has 3 N–H and O–H groups in total. The first-order chi connectivity index (χ1) is 8.22. The molecular weight excluding hydrogens is 224 g/mol. The summed E-state index contributed by atoms with van der Waals surface area (Å²) in [5, 5.41) is 28.0. The third-order valence-corrected chi connectivity index (χ3v) is 2.76. The minimum atomic E-state index is -1.13. The van der Waals surface area contributed by atoms with Crippen LogP contribution >= 0.6 is 0 Å². The van der Waals surface area contributed by atoms with Gasteiger partial charge in [0.1, 0.15) is 18.3 Å². The molecule has 5 heteroatoms. The lowest BCUT2D eigenvalue weighted by atomic mass is 10.1. The van der Waals surface area contributed by atoms with Crippen LogP contribution in [0.5, 0.6) is 0 Å². The standard InChI is InChI=1S/C12H16O5/c13-6-9-10(14)11(15)12(17-9)16-7-8-4-2-1-3-5-8/h1-5,9-15H,6-7H2/t9-,10-,11-,12+/m0/s1. The van der Waals surface area contributed by atoms with Crippen LogP contribution in [-0.4, -0.2) is 46.5 Å². The normalized spacial score (nSPS) is 32.9. The van der Waals surface area contributed by atoms with E-state index < -0.39 is 24.6 Å². The van der Waals surface area contributed by atoms with Crippen molar-refractivity contribution >= 4 is 0 Å². The molecule has 1 aliphatic heterocycles. The predicted molar refractivity (Wildman–Crippen MR) is 59.0 cm³/mol. The Morgan fingerprint density at radius 3 is 2.41 bits per heavy atom. The Morgan fingerprint density at radius 1 is 1.12 bits per heavy atom. The highest BCUT2D eigenvalue weighted by Gasteiger charge is 2.42. The van der Waals surface area contributed by atoms with E-state index in [4.69, 9.17) is 14.6 Å². The zero-order valence-corrected chi connectivity index (χ0v) is 9.27. The zero-order valence-electron chi connectivity index (χ0n) is 9.27. The second-order valence-electron chi connectivity index (χ2n) is 4.00. The minimum Gasteiger partial charge on any atom is -0.394 e. The number of rotatable bonds is 4. The van der Waals surface area contributed by atoms with E-state index in [1.54, 1.807) is 0 Å². The maximum atomic E-state index is 9.63. The summed E-state index contributed by atoms with van der Waals surface area (Å²) >= 11 is 0. The van der Waals surface area contributed by atoms with E-state index in [-0.39, 0.29) is 13.2 Å². The summed E-state index contributed by atoms with van der Waals surface area (Å²) in [6.07, 6.45) is -3.93. The third-order valence-electron chi connectivity index (χ3n) is 2.76. The van der Waals surface area contributed by atoms with Gasteiger partial charge in [-0.25, -0.2) is 0 Å². The molecule has 0 radical (unpaired) electrons. The van der Waals surface area contributed by atoms with Gasteiger partial charge in [-0.05, 0) is 5.56 Å². The largest absolute Gasteiger partial charge is 0.394 e. The molecule has 4 atom stereocenters. The van der Waals surface area contributed by atoms with Crippen molar-refractivity contribution in [2.45, 2.75) is 31.2 Å². The van der Waals surface area contributed by atoms with Crippen LogP contribution in [0.2, 0.25) is 0 Å². The Balaban J connectivity index is 1.88. The molecular formula is C12H16O5. The van der Waals surface area contributed by atoms with E-state index in [1.165, 1.54) is 0 Å². The SMILES string of the molecule is OC[C@@H]1O[C@@H](OCc2ccccc2)[C@@H](O)[C@H]1O. The average molecular weight is 240 g/mol. The van der Waals surface area contributed by atoms with E-state index >= 15 is 0 Å². The summed E-state index contributed by atoms with van der Waals surface area (Å²) in [5.41, 5.74) is 0.949. The lowest BCUT2D eigenvalue weighted by molar-refractivity contribution is -0.175. The van der Waals surface area contributed by atoms with Crippen molar-refractivity contribution in [3.8, 4) is 0 Å². The fourth-order valence-electron chi connectivity index (χ4n) is 1.76. The van der Waals surface area contributed by atoms with Gasteiger partial charge >= 0.3 is 0 Å². The third kappa shape index (κ3) is 2.83. The van der Waals surface area contributed by atoms with Crippen LogP contribution in [0.4, 0.5) is 0 Å². The Hall–Kier alpha value is -0.980. The van der Waals surface area contributed by atoms with Crippen LogP contribution in [0.25, 0.3) is 0 Å². The maximum absolute atomic E-state index is 9.63. The second kappa shape index (κ2) is 5.57. The summed E-state index contributed by atoms with van der Waals surface area (Å²) in [7, 11) is 0. The summed E-state index contributed by atoms with van der Waals surface area (Å²) < 4.78 is 10.5. The van der Waals surface area contributed by atoms with Gasteiger partial charge in [0.2, 0.25) is 0 Å². The summed E-state index contributed by atoms with van der Waals surface area (Å²) in [5.74, 6) is 0. The quantitative estimate of drug-likeness (QED) is 0.670. The molecule has 5 nitrogen and oxygen atoms in total. The number of aliphatic hydroxyl groups excluding tert-OH is 3. The van der Waals surface area contributed by atoms with Gasteiger partial charge in [0.25, 0.3) is 0 Å². The predicted octanol–water partition coefficient (Wildman–Crippen LogP) is -0.358. The Labute approximate surface area is 99.2 Å². The van der Waals surface area contributed by atoms with E-state index in [1.807, 2.05) is 30.3 Å². The van der Waals surface area contributed by atoms with Gasteiger partial charge in [0.05, 0.1) is 13.2 Å². The first-order valence-electron chi connectivity index (χ1n) is 5.50. The minimum absolute atomic E-state index is 0.285. The van der Waals surface area contributed by atoms with Gasteiger partial charge in [-0.3, -0.25) is 0 Å². The van der Waals surface area contributed by atoms with Gasteiger partial charge in [-0.1, -0.05) is 30.3 Å². The molecule has 2 rings (SSSR count). The van der Waals surface area contributed by atoms with E-state index in [0.717, 1.165) is 5.56 Å². The van der Waals surface area contributed by atoms with Gasteiger partial charge in [0, 0.05) is 0 Å². The Morgan fingerprint density at radius 2 is 1.82 bits per heavy atom. The van der Waals surface area contributed by atoms with Crippen molar-refractivity contribution in [2.75, 3.05) is 6.61 Å². The van der Waals surface area contributed by atoms with Crippen molar-refractivity contribution in [1.29, 1.82) is 0 Å². The fraction of sp³-hybridized carbons (Fsp3) is 0.500. The molecule has 0 aromatic heterocycles. The number of hydrogen-bond acceptors (Lipinski definition) is 5. The van der Waals surface area contributed by atoms with Crippen LogP contribution in [0, 0.1) is 0 Å². The highest BCUT2D eigenvalue weighted by Crippen LogP contribution is 2.22. The number of benzene rings is 1. The van der Waals surface area contributed by atoms with Gasteiger partial charge in [-0.2, -0.15) is 0 Å². The van der Waals surface area contributed by atoms with Crippen LogP contribution in [-0.2, 0) is 16.1 Å². The van der Waals surface area contributed by atoms with Crippen LogP contribution in [0.15, 0.2) is 30.3 Å². The van der Waals surface area contributed by atoms with Crippen molar-refractivity contribution in [3.63, 3.8) is 0 Å². The number of aliphatic hydroxyl groups is 3. The Kier molecular flexibility index (Phi) is 4.09. The first kappa shape index (κ1) is 12.5. The molecule has 0 unspecified atom stereocenters. The molecule has 94 valence electrons. The molecule has 0 spiro atoms. The molecule has 1 aromatic carbocycles. The van der Waals surface area contributed by atoms with Crippen molar-refractivity contribution < 1.29 is 24.8 Å². The molecule has 1 saturated heterocycles. The Bertz CT molecular complexity index is 342. The average Bonchev–Trinajstić information content (AvgIpc) is 2.65. The summed E-state index contributed by atoms with van der Waals surface area (Å²) in [4.78, 5) is 0. The lowest BCUT2D eigenvalue weighted by Crippen LogP contribution is -2.34. The smallest absolute Gasteiger partial charge is 0.187 e. The molecule has 1 aromatic rings. The summed E-state index contributed by atoms with van der Waals surface area (Å²) in [6, 6.07) is 9.45. The van der Waals surface area contributed by atoms with Crippen molar-refractivity contribution in [1.82, 2.24) is 0 Å².